The minimum absolute atomic E-state index is 0.112. The van der Waals surface area contributed by atoms with Crippen LogP contribution in [0.4, 0.5) is 11.4 Å². The van der Waals surface area contributed by atoms with Crippen LogP contribution in [0.15, 0.2) is 22.5 Å². The van der Waals surface area contributed by atoms with Crippen LogP contribution in [-0.4, -0.2) is 40.9 Å². The fourth-order valence-corrected chi connectivity index (χ4v) is 3.80. The molecule has 0 bridgehead atoms. The van der Waals surface area contributed by atoms with Gasteiger partial charge in [0.2, 0.25) is 5.91 Å². The fourth-order valence-electron chi connectivity index (χ4n) is 2.05. The van der Waals surface area contributed by atoms with E-state index in [1.807, 2.05) is 6.92 Å². The molecule has 1 aromatic heterocycles. The van der Waals surface area contributed by atoms with Crippen LogP contribution in [0.2, 0.25) is 0 Å². The molecule has 2 aromatic rings. The molecular weight excluding hydrogens is 334 g/mol. The van der Waals surface area contributed by atoms with Crippen LogP contribution in [0.3, 0.4) is 0 Å². The number of benzene rings is 1. The number of carbonyl (C=O) groups is 2. The van der Waals surface area contributed by atoms with Crippen molar-refractivity contribution in [2.45, 2.75) is 11.3 Å². The van der Waals surface area contributed by atoms with E-state index in [1.165, 1.54) is 11.3 Å². The average Bonchev–Trinajstić information content (AvgIpc) is 2.96. The highest BCUT2D eigenvalue weighted by Gasteiger charge is 2.16. The number of carbonyl (C=O) groups excluding carboxylic acids is 2. The molecule has 120 valence electrons. The lowest BCUT2D eigenvalue weighted by atomic mass is 10.1. The highest BCUT2D eigenvalue weighted by Crippen LogP contribution is 2.25. The van der Waals surface area contributed by atoms with Gasteiger partial charge >= 0.3 is 0 Å². The summed E-state index contributed by atoms with van der Waals surface area (Å²) in [6, 6.07) is 5.21. The molecule has 0 fully saturated rings. The van der Waals surface area contributed by atoms with Gasteiger partial charge in [0.15, 0.2) is 4.34 Å². The average molecular weight is 349 g/mol. The minimum Gasteiger partial charge on any atom is -0.374 e. The van der Waals surface area contributed by atoms with Gasteiger partial charge < -0.3 is 16.0 Å². The van der Waals surface area contributed by atoms with Gasteiger partial charge in [-0.1, -0.05) is 23.1 Å². The summed E-state index contributed by atoms with van der Waals surface area (Å²) < 4.78 is 0.902. The lowest BCUT2D eigenvalue weighted by Gasteiger charge is -2.19. The highest BCUT2D eigenvalue weighted by molar-refractivity contribution is 8.01. The first-order valence-corrected chi connectivity index (χ1v) is 8.81. The molecule has 2 amide bonds. The van der Waals surface area contributed by atoms with Gasteiger partial charge in [-0.25, -0.2) is 0 Å². The molecule has 0 aliphatic carbocycles. The van der Waals surface area contributed by atoms with E-state index >= 15 is 0 Å². The maximum atomic E-state index is 12.1. The SMILES string of the molecule is Cc1nnc(SCCNC(=O)c2ccc3c(c2)NC(=O)CN3)s1. The number of aromatic nitrogens is 2. The smallest absolute Gasteiger partial charge is 0.251 e. The Bertz CT molecular complexity index is 747. The number of anilines is 2. The molecule has 23 heavy (non-hydrogen) atoms. The molecule has 0 unspecified atom stereocenters. The molecule has 0 radical (unpaired) electrons. The van der Waals surface area contributed by atoms with Gasteiger partial charge in [0.25, 0.3) is 5.91 Å². The zero-order valence-corrected chi connectivity index (χ0v) is 14.0. The number of thioether (sulfide) groups is 1. The van der Waals surface area contributed by atoms with Gasteiger partial charge in [-0.3, -0.25) is 9.59 Å². The van der Waals surface area contributed by atoms with Gasteiger partial charge in [0.1, 0.15) is 5.01 Å². The van der Waals surface area contributed by atoms with Crippen LogP contribution < -0.4 is 16.0 Å². The van der Waals surface area contributed by atoms with Gasteiger partial charge in [-0.2, -0.15) is 0 Å². The zero-order chi connectivity index (χ0) is 16.2. The van der Waals surface area contributed by atoms with E-state index < -0.39 is 0 Å². The number of aryl methyl sites for hydroxylation is 1. The Labute approximate surface area is 141 Å². The van der Waals surface area contributed by atoms with Gasteiger partial charge in [0, 0.05) is 17.9 Å². The molecule has 7 nitrogen and oxygen atoms in total. The summed E-state index contributed by atoms with van der Waals surface area (Å²) in [4.78, 5) is 23.5. The topological polar surface area (TPSA) is 96.0 Å². The third-order valence-corrected chi connectivity index (χ3v) is 5.09. The Morgan fingerprint density at radius 1 is 1.39 bits per heavy atom. The van der Waals surface area contributed by atoms with E-state index in [2.05, 4.69) is 26.1 Å². The third-order valence-electron chi connectivity index (χ3n) is 3.12. The summed E-state index contributed by atoms with van der Waals surface area (Å²) >= 11 is 3.10. The van der Waals surface area contributed by atoms with Crippen molar-refractivity contribution in [2.24, 2.45) is 0 Å². The van der Waals surface area contributed by atoms with E-state index in [-0.39, 0.29) is 18.4 Å². The van der Waals surface area contributed by atoms with Crippen LogP contribution in [0, 0.1) is 6.92 Å². The van der Waals surface area contributed by atoms with E-state index in [9.17, 15) is 9.59 Å². The van der Waals surface area contributed by atoms with Crippen molar-refractivity contribution in [3.05, 3.63) is 28.8 Å². The lowest BCUT2D eigenvalue weighted by molar-refractivity contribution is -0.114. The molecule has 1 aromatic carbocycles. The molecular formula is C14H15N5O2S2. The first-order chi connectivity index (χ1) is 11.1. The van der Waals surface area contributed by atoms with Crippen molar-refractivity contribution in [2.75, 3.05) is 29.5 Å². The molecule has 3 rings (SSSR count). The normalized spacial score (nSPS) is 13.0. The van der Waals surface area contributed by atoms with Crippen LogP contribution >= 0.6 is 23.1 Å². The van der Waals surface area contributed by atoms with Crippen molar-refractivity contribution < 1.29 is 9.59 Å². The summed E-state index contributed by atoms with van der Waals surface area (Å²) in [5, 5.41) is 17.5. The Morgan fingerprint density at radius 3 is 3.04 bits per heavy atom. The summed E-state index contributed by atoms with van der Waals surface area (Å²) in [5.41, 5.74) is 1.97. The predicted molar refractivity (Wildman–Crippen MR) is 91.3 cm³/mol. The fraction of sp³-hybridized carbons (Fsp3) is 0.286. The summed E-state index contributed by atoms with van der Waals surface area (Å²) in [5.74, 6) is 0.448. The second-order valence-corrected chi connectivity index (χ2v) is 7.38. The number of amides is 2. The summed E-state index contributed by atoms with van der Waals surface area (Å²) in [6.45, 7) is 2.69. The van der Waals surface area contributed by atoms with Crippen molar-refractivity contribution in [3.8, 4) is 0 Å². The summed E-state index contributed by atoms with van der Waals surface area (Å²) in [7, 11) is 0. The van der Waals surface area contributed by atoms with Crippen molar-refractivity contribution in [1.29, 1.82) is 0 Å². The van der Waals surface area contributed by atoms with E-state index in [0.29, 0.717) is 17.8 Å². The molecule has 9 heteroatoms. The molecule has 2 heterocycles. The number of hydrogen-bond donors (Lipinski definition) is 3. The number of nitrogens with one attached hydrogen (secondary N) is 3. The molecule has 0 spiro atoms. The largest absolute Gasteiger partial charge is 0.374 e. The molecule has 0 saturated heterocycles. The second-order valence-electron chi connectivity index (χ2n) is 4.85. The molecule has 3 N–H and O–H groups in total. The Morgan fingerprint density at radius 2 is 2.26 bits per heavy atom. The van der Waals surface area contributed by atoms with Crippen molar-refractivity contribution in [1.82, 2.24) is 15.5 Å². The molecule has 0 atom stereocenters. The number of rotatable bonds is 5. The predicted octanol–water partition coefficient (Wildman–Crippen LogP) is 1.73. The third kappa shape index (κ3) is 3.99. The van der Waals surface area contributed by atoms with E-state index in [4.69, 9.17) is 0 Å². The van der Waals surface area contributed by atoms with E-state index in [1.54, 1.807) is 30.0 Å². The number of nitrogens with zero attached hydrogens (tertiary/aromatic N) is 2. The van der Waals surface area contributed by atoms with Crippen LogP contribution in [0.5, 0.6) is 0 Å². The standard InChI is InChI=1S/C14H15N5O2S2/c1-8-18-19-14(23-8)22-5-4-15-13(21)9-2-3-10-11(6-9)17-12(20)7-16-10/h2-3,6,16H,4-5,7H2,1H3,(H,15,21)(H,17,20). The first kappa shape index (κ1) is 15.8. The monoisotopic (exact) mass is 349 g/mol. The number of fused-ring (bicyclic) bond motifs is 1. The molecule has 0 saturated carbocycles. The van der Waals surface area contributed by atoms with Gasteiger partial charge in [0.05, 0.1) is 17.9 Å². The maximum absolute atomic E-state index is 12.1. The van der Waals surface area contributed by atoms with E-state index in [0.717, 1.165) is 20.8 Å². The summed E-state index contributed by atoms with van der Waals surface area (Å²) in [6.07, 6.45) is 0. The van der Waals surface area contributed by atoms with Crippen LogP contribution in [0.1, 0.15) is 15.4 Å². The Kier molecular flexibility index (Phi) is 4.77. The quantitative estimate of drug-likeness (QED) is 0.562. The highest BCUT2D eigenvalue weighted by atomic mass is 32.2. The van der Waals surface area contributed by atoms with Crippen LogP contribution in [0.25, 0.3) is 0 Å². The van der Waals surface area contributed by atoms with Crippen molar-refractivity contribution in [3.63, 3.8) is 0 Å². The molecule has 1 aliphatic heterocycles. The second kappa shape index (κ2) is 6.97. The Hall–Kier alpha value is -2.13. The Balaban J connectivity index is 1.52. The number of hydrogen-bond acceptors (Lipinski definition) is 7. The van der Waals surface area contributed by atoms with Gasteiger partial charge in [-0.05, 0) is 25.1 Å². The minimum atomic E-state index is -0.165. The van der Waals surface area contributed by atoms with Gasteiger partial charge in [-0.15, -0.1) is 10.2 Å². The zero-order valence-electron chi connectivity index (χ0n) is 12.4. The maximum Gasteiger partial charge on any atom is 0.251 e. The first-order valence-electron chi connectivity index (χ1n) is 7.01. The molecule has 1 aliphatic rings. The lowest BCUT2D eigenvalue weighted by Crippen LogP contribution is -2.29. The van der Waals surface area contributed by atoms with Crippen LogP contribution in [-0.2, 0) is 4.79 Å². The van der Waals surface area contributed by atoms with Crippen molar-refractivity contribution >= 4 is 46.3 Å².